The van der Waals surface area contributed by atoms with Gasteiger partial charge in [-0.1, -0.05) is 13.0 Å². The van der Waals surface area contributed by atoms with Crippen LogP contribution in [0.2, 0.25) is 0 Å². The second-order valence-electron chi connectivity index (χ2n) is 6.85. The van der Waals surface area contributed by atoms with Gasteiger partial charge in [-0.2, -0.15) is 0 Å². The van der Waals surface area contributed by atoms with Crippen LogP contribution in [-0.4, -0.2) is 22.8 Å². The smallest absolute Gasteiger partial charge is 0.363 e. The molecule has 0 aliphatic carbocycles. The molecule has 1 heterocycles. The van der Waals surface area contributed by atoms with Crippen LogP contribution in [-0.2, 0) is 14.3 Å². The summed E-state index contributed by atoms with van der Waals surface area (Å²) in [6.07, 6.45) is 1.83. The number of carbonyl (C=O) groups is 2. The first-order valence-corrected chi connectivity index (χ1v) is 9.30. The van der Waals surface area contributed by atoms with E-state index < -0.39 is 10.9 Å². The first-order valence-electron chi connectivity index (χ1n) is 9.30. The number of rotatable bonds is 5. The Kier molecular flexibility index (Phi) is 5.77. The van der Waals surface area contributed by atoms with Crippen molar-refractivity contribution in [3.8, 4) is 5.75 Å². The molecule has 8 heteroatoms. The third-order valence-electron chi connectivity index (χ3n) is 4.64. The van der Waals surface area contributed by atoms with Crippen LogP contribution < -0.4 is 4.74 Å². The highest BCUT2D eigenvalue weighted by molar-refractivity contribution is 6.13. The second kappa shape index (κ2) is 8.28. The highest BCUT2D eigenvalue weighted by Gasteiger charge is 2.27. The van der Waals surface area contributed by atoms with Crippen molar-refractivity contribution in [1.29, 1.82) is 0 Å². The first-order chi connectivity index (χ1) is 14.2. The maximum atomic E-state index is 12.3. The average molecular weight is 408 g/mol. The molecule has 0 bridgehead atoms. The molecule has 1 aliphatic rings. The fourth-order valence-electron chi connectivity index (χ4n) is 3.15. The third kappa shape index (κ3) is 4.12. The molecule has 154 valence electrons. The molecule has 0 radical (unpaired) electrons. The average Bonchev–Trinajstić information content (AvgIpc) is 3.04. The Morgan fingerprint density at radius 3 is 2.50 bits per heavy atom. The van der Waals surface area contributed by atoms with Gasteiger partial charge in [-0.25, -0.2) is 9.79 Å². The van der Waals surface area contributed by atoms with Gasteiger partial charge >= 0.3 is 11.9 Å². The molecule has 0 fully saturated rings. The van der Waals surface area contributed by atoms with Crippen LogP contribution >= 0.6 is 0 Å². The Bertz CT molecular complexity index is 1110. The number of nitro benzene ring substituents is 1. The number of nitro groups is 1. The van der Waals surface area contributed by atoms with Gasteiger partial charge in [0.15, 0.2) is 5.70 Å². The number of hydrogen-bond donors (Lipinski definition) is 0. The minimum absolute atomic E-state index is 0.0226. The molecule has 0 atom stereocenters. The van der Waals surface area contributed by atoms with Crippen molar-refractivity contribution in [3.05, 3.63) is 74.0 Å². The molecule has 0 spiro atoms. The fourth-order valence-corrected chi connectivity index (χ4v) is 3.15. The monoisotopic (exact) mass is 408 g/mol. The van der Waals surface area contributed by atoms with Gasteiger partial charge in [-0.3, -0.25) is 14.9 Å². The number of cyclic esters (lactones) is 1. The van der Waals surface area contributed by atoms with E-state index in [0.717, 1.165) is 11.1 Å². The SMILES string of the molecule is CCC(=O)Oc1c(C)cc(/C=C2\N=C(c3cccc([N+](=O)[O-])c3C)OC2=O)cc1C. The standard InChI is InChI=1S/C22H20N2O6/c1-5-19(25)29-20-12(2)9-15(10-13(20)3)11-17-22(26)30-21(23-17)16-7-6-8-18(14(16)4)24(27)28/h6-11H,5H2,1-4H3/b17-11-. The molecule has 0 N–H and O–H groups in total. The van der Waals surface area contributed by atoms with E-state index in [4.69, 9.17) is 9.47 Å². The molecule has 0 unspecified atom stereocenters. The topological polar surface area (TPSA) is 108 Å². The lowest BCUT2D eigenvalue weighted by Crippen LogP contribution is -2.08. The van der Waals surface area contributed by atoms with Gasteiger partial charge < -0.3 is 9.47 Å². The van der Waals surface area contributed by atoms with Crippen LogP contribution in [0.15, 0.2) is 41.0 Å². The van der Waals surface area contributed by atoms with Crippen molar-refractivity contribution in [3.63, 3.8) is 0 Å². The number of ether oxygens (including phenoxy) is 2. The maximum absolute atomic E-state index is 12.3. The van der Waals surface area contributed by atoms with Gasteiger partial charge in [0.05, 0.1) is 4.92 Å². The summed E-state index contributed by atoms with van der Waals surface area (Å²) in [7, 11) is 0. The lowest BCUT2D eigenvalue weighted by molar-refractivity contribution is -0.385. The van der Waals surface area contributed by atoms with Crippen LogP contribution in [0.25, 0.3) is 6.08 Å². The molecule has 0 aromatic heterocycles. The number of hydrogen-bond acceptors (Lipinski definition) is 7. The van der Waals surface area contributed by atoms with Gasteiger partial charge in [0.2, 0.25) is 5.90 Å². The molecule has 2 aromatic carbocycles. The summed E-state index contributed by atoms with van der Waals surface area (Å²) in [6.45, 7) is 6.91. The van der Waals surface area contributed by atoms with Crippen molar-refractivity contribution in [1.82, 2.24) is 0 Å². The predicted molar refractivity (Wildman–Crippen MR) is 110 cm³/mol. The lowest BCUT2D eigenvalue weighted by atomic mass is 10.0. The quantitative estimate of drug-likeness (QED) is 0.241. The summed E-state index contributed by atoms with van der Waals surface area (Å²) >= 11 is 0. The normalized spacial score (nSPS) is 14.5. The minimum Gasteiger partial charge on any atom is -0.426 e. The van der Waals surface area contributed by atoms with E-state index in [9.17, 15) is 19.7 Å². The van der Waals surface area contributed by atoms with Crippen LogP contribution in [0.4, 0.5) is 5.69 Å². The Morgan fingerprint density at radius 1 is 1.23 bits per heavy atom. The van der Waals surface area contributed by atoms with Crippen molar-refractivity contribution in [2.45, 2.75) is 34.1 Å². The van der Waals surface area contributed by atoms with Crippen molar-refractivity contribution in [2.75, 3.05) is 0 Å². The number of benzene rings is 2. The van der Waals surface area contributed by atoms with E-state index in [1.165, 1.54) is 12.1 Å². The molecule has 30 heavy (non-hydrogen) atoms. The van der Waals surface area contributed by atoms with E-state index in [0.29, 0.717) is 22.4 Å². The summed E-state index contributed by atoms with van der Waals surface area (Å²) in [5.41, 5.74) is 2.93. The molecular weight excluding hydrogens is 388 g/mol. The summed E-state index contributed by atoms with van der Waals surface area (Å²) in [5.74, 6) is -0.454. The first kappa shape index (κ1) is 20.9. The van der Waals surface area contributed by atoms with E-state index >= 15 is 0 Å². The molecule has 0 saturated carbocycles. The number of aryl methyl sites for hydroxylation is 2. The van der Waals surface area contributed by atoms with Gasteiger partial charge in [-0.15, -0.1) is 0 Å². The molecule has 3 rings (SSSR count). The Hall–Kier alpha value is -3.81. The third-order valence-corrected chi connectivity index (χ3v) is 4.64. The largest absolute Gasteiger partial charge is 0.426 e. The number of nitrogens with zero attached hydrogens (tertiary/aromatic N) is 2. The summed E-state index contributed by atoms with van der Waals surface area (Å²) < 4.78 is 10.6. The number of aliphatic imine (C=N–C) groups is 1. The maximum Gasteiger partial charge on any atom is 0.363 e. The van der Waals surface area contributed by atoms with Gasteiger partial charge in [-0.05, 0) is 61.7 Å². The van der Waals surface area contributed by atoms with Crippen LogP contribution in [0.5, 0.6) is 5.75 Å². The van der Waals surface area contributed by atoms with E-state index in [-0.39, 0.29) is 29.7 Å². The zero-order valence-corrected chi connectivity index (χ0v) is 17.0. The second-order valence-corrected chi connectivity index (χ2v) is 6.85. The summed E-state index contributed by atoms with van der Waals surface area (Å²) in [5, 5.41) is 11.2. The highest BCUT2D eigenvalue weighted by Crippen LogP contribution is 2.29. The molecule has 1 aliphatic heterocycles. The van der Waals surface area contributed by atoms with Crippen LogP contribution in [0, 0.1) is 30.9 Å². The van der Waals surface area contributed by atoms with E-state index in [1.807, 2.05) is 0 Å². The zero-order valence-electron chi connectivity index (χ0n) is 17.0. The summed E-state index contributed by atoms with van der Waals surface area (Å²) in [4.78, 5) is 38.8. The van der Waals surface area contributed by atoms with Gasteiger partial charge in [0.25, 0.3) is 5.69 Å². The fraction of sp³-hybridized carbons (Fsp3) is 0.227. The van der Waals surface area contributed by atoms with E-state index in [1.54, 1.807) is 52.0 Å². The predicted octanol–water partition coefficient (Wildman–Crippen LogP) is 4.18. The molecule has 0 amide bonds. The Balaban J connectivity index is 1.96. The van der Waals surface area contributed by atoms with Crippen LogP contribution in [0.3, 0.4) is 0 Å². The van der Waals surface area contributed by atoms with Crippen molar-refractivity contribution >= 4 is 29.6 Å². The van der Waals surface area contributed by atoms with Gasteiger partial charge in [0, 0.05) is 23.6 Å². The van der Waals surface area contributed by atoms with Crippen LogP contribution in [0.1, 0.15) is 41.2 Å². The Morgan fingerprint density at radius 2 is 1.90 bits per heavy atom. The van der Waals surface area contributed by atoms with Crippen molar-refractivity contribution < 1.29 is 24.0 Å². The number of carbonyl (C=O) groups excluding carboxylic acids is 2. The molecular formula is C22H20N2O6. The highest BCUT2D eigenvalue weighted by atomic mass is 16.6. The van der Waals surface area contributed by atoms with Crippen molar-refractivity contribution in [2.24, 2.45) is 4.99 Å². The minimum atomic E-state index is -0.646. The van der Waals surface area contributed by atoms with E-state index in [2.05, 4.69) is 4.99 Å². The molecule has 8 nitrogen and oxygen atoms in total. The summed E-state index contributed by atoms with van der Waals surface area (Å²) in [6, 6.07) is 8.06. The Labute approximate surface area is 173 Å². The molecule has 2 aromatic rings. The zero-order chi connectivity index (χ0) is 22.0. The number of esters is 2. The van der Waals surface area contributed by atoms with Gasteiger partial charge in [0.1, 0.15) is 5.75 Å². The molecule has 0 saturated heterocycles. The lowest BCUT2D eigenvalue weighted by Gasteiger charge is -2.11.